The SMILES string of the molecule is C[C@@H]1O[C@@H](OC(=O)[C@]23CCC(C)(C)C[C@H]2C2=CC[C@@H]4[C@@]5(C)CC[C@H](O[C@@H]6OC[C@H](O)[C@H](O)[C@H]6O[C@@H]6O[C@@H](C)[C@H](O)[C@@H](O[C@@H]7OC[C@@H](O[C@@H]8O[C@H](CO)[C@@H](O)[C@H](O)[C@H]8O)[C@H](O)[C@H]7O)[C@H]6O)[C@@](C)(CO)[C@@H]5CC[C@@]4(C)[C@]2(C)CC3)[C@H](O[C@H]2[C@H](O)[C@@H](O)[C@H](OC[C@H]3O[C@@H](O)[C@H](O)[C@@H](O)[C@@H]3O)O[C@@H]2CO)[C@H](O)[C@H]1O. The molecule has 0 bridgehead atoms. The van der Waals surface area contributed by atoms with Gasteiger partial charge in [-0.2, -0.15) is 0 Å². The molecule has 42 atom stereocenters. The Bertz CT molecular complexity index is 2970. The quantitative estimate of drug-likeness (QED) is 0.0345. The van der Waals surface area contributed by atoms with Gasteiger partial charge >= 0.3 is 5.97 Å². The van der Waals surface area contributed by atoms with Crippen LogP contribution in [0.25, 0.3) is 0 Å². The predicted molar refractivity (Wildman–Crippen MR) is 347 cm³/mol. The molecule has 0 aromatic carbocycles. The van der Waals surface area contributed by atoms with Crippen LogP contribution in [0, 0.1) is 50.2 Å². The van der Waals surface area contributed by atoms with Gasteiger partial charge in [-0.25, -0.2) is 0 Å². The van der Waals surface area contributed by atoms with Crippen LogP contribution in [0.3, 0.4) is 0 Å². The minimum absolute atomic E-state index is 0.0356. The topological polar surface area (TPSA) is 551 Å². The summed E-state index contributed by atoms with van der Waals surface area (Å²) in [6.45, 7) is 12.6. The van der Waals surface area contributed by atoms with Gasteiger partial charge in [-0.3, -0.25) is 4.79 Å². The fourth-order valence-corrected chi connectivity index (χ4v) is 20.2. The number of aliphatic hydroxyl groups is 20. The van der Waals surface area contributed by atoms with Crippen LogP contribution in [-0.4, -0.2) is 357 Å². The summed E-state index contributed by atoms with van der Waals surface area (Å²) in [6.07, 6.45) is -48.1. The van der Waals surface area contributed by atoms with E-state index in [1.807, 2.05) is 6.92 Å². The number of hydrogen-bond acceptors (Lipinski definition) is 35. The largest absolute Gasteiger partial charge is 0.432 e. The Morgan fingerprint density at radius 1 is 0.476 bits per heavy atom. The molecule has 0 amide bonds. The van der Waals surface area contributed by atoms with E-state index in [2.05, 4.69) is 40.7 Å². The van der Waals surface area contributed by atoms with E-state index in [1.54, 1.807) is 0 Å². The number of esters is 1. The number of rotatable bonds is 18. The van der Waals surface area contributed by atoms with Crippen LogP contribution in [0.2, 0.25) is 0 Å². The van der Waals surface area contributed by atoms with E-state index in [-0.39, 0.29) is 35.2 Å². The highest BCUT2D eigenvalue weighted by molar-refractivity contribution is 5.79. The molecule has 0 unspecified atom stereocenters. The van der Waals surface area contributed by atoms with E-state index in [0.29, 0.717) is 64.2 Å². The molecule has 7 aliphatic heterocycles. The van der Waals surface area contributed by atoms with E-state index >= 15 is 4.79 Å². The molecule has 20 N–H and O–H groups in total. The molecule has 5 aliphatic carbocycles. The fraction of sp³-hybridized carbons (Fsp3) is 0.957. The highest BCUT2D eigenvalue weighted by Crippen LogP contribution is 2.76. The van der Waals surface area contributed by atoms with Crippen molar-refractivity contribution in [1.82, 2.24) is 0 Å². The molecule has 0 radical (unpaired) electrons. The van der Waals surface area contributed by atoms with Crippen LogP contribution < -0.4 is 0 Å². The van der Waals surface area contributed by atoms with Crippen molar-refractivity contribution in [3.63, 3.8) is 0 Å². The van der Waals surface area contributed by atoms with Crippen molar-refractivity contribution in [3.05, 3.63) is 11.6 Å². The van der Waals surface area contributed by atoms with Gasteiger partial charge in [0.05, 0.1) is 63.4 Å². The van der Waals surface area contributed by atoms with Crippen molar-refractivity contribution in [2.24, 2.45) is 50.2 Å². The monoisotopic (exact) mass is 1510 g/mol. The minimum Gasteiger partial charge on any atom is -0.432 e. The minimum atomic E-state index is -1.95. The van der Waals surface area contributed by atoms with Gasteiger partial charge in [-0.1, -0.05) is 53.2 Å². The average Bonchev–Trinajstić information content (AvgIpc) is 0.674. The smallest absolute Gasteiger partial charge is 0.315 e. The molecular weight excluding hydrogens is 1400 g/mol. The number of hydrogen-bond donors (Lipinski definition) is 20. The number of fused-ring (bicyclic) bond motifs is 7. The number of carbonyl (C=O) groups excluding carboxylic acids is 1. The van der Waals surface area contributed by atoms with Crippen molar-refractivity contribution in [2.45, 2.75) is 328 Å². The first-order valence-corrected chi connectivity index (χ1v) is 37.1. The summed E-state index contributed by atoms with van der Waals surface area (Å²) in [4.78, 5) is 15.6. The van der Waals surface area contributed by atoms with Crippen molar-refractivity contribution < 1.29 is 173 Å². The molecule has 105 heavy (non-hydrogen) atoms. The van der Waals surface area contributed by atoms with Crippen molar-refractivity contribution in [2.75, 3.05) is 39.6 Å². The van der Waals surface area contributed by atoms with Crippen molar-refractivity contribution in [1.29, 1.82) is 0 Å². The Morgan fingerprint density at radius 2 is 1.07 bits per heavy atom. The maximum absolute atomic E-state index is 15.6. The summed E-state index contributed by atoms with van der Waals surface area (Å²) >= 11 is 0. The predicted octanol–water partition coefficient (Wildman–Crippen LogP) is -6.26. The third-order valence-electron chi connectivity index (χ3n) is 27.1. The number of ether oxygens (including phenoxy) is 14. The maximum Gasteiger partial charge on any atom is 0.315 e. The highest BCUT2D eigenvalue weighted by atomic mass is 16.8. The van der Waals surface area contributed by atoms with Crippen LogP contribution in [0.1, 0.15) is 120 Å². The third kappa shape index (κ3) is 14.5. The van der Waals surface area contributed by atoms with E-state index in [0.717, 1.165) is 5.57 Å². The second-order valence-electron chi connectivity index (χ2n) is 33.6. The summed E-state index contributed by atoms with van der Waals surface area (Å²) in [7, 11) is 0. The molecular formula is C70H114O35. The zero-order valence-electron chi connectivity index (χ0n) is 60.3. The molecule has 4 saturated carbocycles. The van der Waals surface area contributed by atoms with Gasteiger partial charge in [0.15, 0.2) is 37.7 Å². The lowest BCUT2D eigenvalue weighted by Gasteiger charge is -2.71. The number of carbonyl (C=O) groups is 1. The van der Waals surface area contributed by atoms with E-state index in [1.165, 1.54) is 13.8 Å². The summed E-state index contributed by atoms with van der Waals surface area (Å²) in [5, 5.41) is 218. The van der Waals surface area contributed by atoms with E-state index in [9.17, 15) is 102 Å². The van der Waals surface area contributed by atoms with E-state index < -0.39 is 270 Å². The van der Waals surface area contributed by atoms with Gasteiger partial charge in [0, 0.05) is 5.41 Å². The summed E-state index contributed by atoms with van der Waals surface area (Å²) in [5.41, 5.74) is -2.46. The van der Waals surface area contributed by atoms with Crippen LogP contribution in [0.15, 0.2) is 11.6 Å². The molecule has 7 saturated heterocycles. The first-order chi connectivity index (χ1) is 49.3. The Kier molecular flexibility index (Phi) is 24.6. The molecule has 0 aromatic heterocycles. The van der Waals surface area contributed by atoms with Gasteiger partial charge in [0.1, 0.15) is 146 Å². The fourth-order valence-electron chi connectivity index (χ4n) is 20.2. The molecule has 35 heteroatoms. The van der Waals surface area contributed by atoms with E-state index in [4.69, 9.17) is 66.3 Å². The molecule has 11 fully saturated rings. The van der Waals surface area contributed by atoms with Gasteiger partial charge in [0.2, 0.25) is 6.29 Å². The second kappa shape index (κ2) is 31.3. The van der Waals surface area contributed by atoms with Crippen LogP contribution >= 0.6 is 0 Å². The van der Waals surface area contributed by atoms with Crippen molar-refractivity contribution >= 4 is 5.97 Å². The Morgan fingerprint density at radius 3 is 1.76 bits per heavy atom. The normalized spacial score (nSPS) is 55.2. The Hall–Kier alpha value is -2.11. The van der Waals surface area contributed by atoms with Gasteiger partial charge in [-0.05, 0) is 117 Å². The van der Waals surface area contributed by atoms with Gasteiger partial charge in [0.25, 0.3) is 0 Å². The van der Waals surface area contributed by atoms with Crippen LogP contribution in [0.5, 0.6) is 0 Å². The number of allylic oxidation sites excluding steroid dienone is 2. The lowest BCUT2D eigenvalue weighted by Crippen LogP contribution is -2.67. The molecule has 0 aromatic rings. The molecule has 7 heterocycles. The Balaban J connectivity index is 0.723. The first kappa shape index (κ1) is 82.4. The van der Waals surface area contributed by atoms with Crippen LogP contribution in [-0.2, 0) is 71.1 Å². The molecule has 0 spiro atoms. The van der Waals surface area contributed by atoms with Gasteiger partial charge < -0.3 is 168 Å². The molecule has 12 rings (SSSR count). The molecule has 35 nitrogen and oxygen atoms in total. The summed E-state index contributed by atoms with van der Waals surface area (Å²) in [5.74, 6) is -1.10. The third-order valence-corrected chi connectivity index (χ3v) is 27.1. The zero-order chi connectivity index (χ0) is 76.4. The standard InChI is InChI=1S/C70H114O35/c1-26-38(75)46(83)56(102-53-32(21-72)99-58(51(88)47(53)84)93-23-33-42(79)44(81)48(85)57(90)97-33)63(96-26)105-64(91)70-17-15-65(3,4)19-29(70)28-9-10-36-66(5)13-12-37(67(6,25-73)35(66)11-14-69(36,8)68(28,7)16-18-70)101-62-55(40(77)30(74)22-92-62)104-61-52(89)54(39(76)27(2)95-61)103-59-49(86)43(80)34(24-94-59)100-60-50(87)45(82)41(78)31(20-71)98-60/h9,26-27,29-63,71-90H,10-25H2,1-8H3/t26-,27-,29-,30-,31+,32+,33+,34+,35+,36+,37-,38-,39-,40-,41+,42+,43-,44-,45-,46+,47+,48+,49+,50+,51+,52+,53+,54+,55+,56+,57+,58+,59-,60-,61-,62-,63-,66-,67-,68+,69+,70-/m0/s1. The first-order valence-electron chi connectivity index (χ1n) is 37.1. The number of aliphatic hydroxyl groups excluding tert-OH is 20. The highest BCUT2D eigenvalue weighted by Gasteiger charge is 2.71. The van der Waals surface area contributed by atoms with Crippen molar-refractivity contribution in [3.8, 4) is 0 Å². The lowest BCUT2D eigenvalue weighted by atomic mass is 9.33. The molecule has 604 valence electrons. The molecule has 12 aliphatic rings. The average molecular weight is 1520 g/mol. The second-order valence-corrected chi connectivity index (χ2v) is 33.6. The summed E-state index contributed by atoms with van der Waals surface area (Å²) in [6, 6.07) is 0. The van der Waals surface area contributed by atoms with Gasteiger partial charge in [-0.15, -0.1) is 0 Å². The zero-order valence-corrected chi connectivity index (χ0v) is 60.3. The maximum atomic E-state index is 15.6. The Labute approximate surface area is 607 Å². The summed E-state index contributed by atoms with van der Waals surface area (Å²) < 4.78 is 83.4. The lowest BCUT2D eigenvalue weighted by molar-refractivity contribution is -0.383. The van der Waals surface area contributed by atoms with Crippen LogP contribution in [0.4, 0.5) is 0 Å².